The maximum atomic E-state index is 10.2. The predicted octanol–water partition coefficient (Wildman–Crippen LogP) is 1.88. The highest BCUT2D eigenvalue weighted by Gasteiger charge is 2.35. The molecule has 2 N–H and O–H groups in total. The molecular weight excluding hydrogens is 150 g/mol. The summed E-state index contributed by atoms with van der Waals surface area (Å²) < 4.78 is 0. The number of hydrogen-bond donors (Lipinski definition) is 2. The van der Waals surface area contributed by atoms with Crippen molar-refractivity contribution >= 4 is 0 Å². The smallest absolute Gasteiger partial charge is 0.118 e. The molecule has 2 heteroatoms. The second kappa shape index (κ2) is 4.24. The number of rotatable bonds is 4. The maximum Gasteiger partial charge on any atom is 0.118 e. The molecule has 1 aliphatic rings. The molecule has 1 fully saturated rings. The third-order valence-corrected chi connectivity index (χ3v) is 3.05. The molecule has 0 heterocycles. The largest absolute Gasteiger partial charge is 0.376 e. The van der Waals surface area contributed by atoms with Gasteiger partial charge in [0, 0.05) is 5.92 Å². The molecule has 0 bridgehead atoms. The molecule has 0 aromatic carbocycles. The Morgan fingerprint density at radius 2 is 1.92 bits per heavy atom. The Balaban J connectivity index is 2.51. The van der Waals surface area contributed by atoms with Crippen molar-refractivity contribution < 1.29 is 5.11 Å². The monoisotopic (exact) mass is 171 g/mol. The van der Waals surface area contributed by atoms with Crippen LogP contribution in [0.5, 0.6) is 0 Å². The van der Waals surface area contributed by atoms with Crippen molar-refractivity contribution in [1.82, 2.24) is 5.32 Å². The van der Waals surface area contributed by atoms with E-state index in [1.54, 1.807) is 0 Å². The zero-order chi connectivity index (χ0) is 9.03. The van der Waals surface area contributed by atoms with Crippen molar-refractivity contribution in [3.63, 3.8) is 0 Å². The Bertz CT molecular complexity index is 132. The van der Waals surface area contributed by atoms with Gasteiger partial charge < -0.3 is 5.11 Å². The average molecular weight is 171 g/mol. The highest BCUT2D eigenvalue weighted by Crippen LogP contribution is 2.34. The van der Waals surface area contributed by atoms with Crippen LogP contribution in [0.4, 0.5) is 0 Å². The summed E-state index contributed by atoms with van der Waals surface area (Å²) in [4.78, 5) is 0. The van der Waals surface area contributed by atoms with Gasteiger partial charge in [0.2, 0.25) is 0 Å². The van der Waals surface area contributed by atoms with Crippen LogP contribution in [-0.2, 0) is 0 Å². The Morgan fingerprint density at radius 1 is 1.33 bits per heavy atom. The molecule has 2 nitrogen and oxygen atoms in total. The van der Waals surface area contributed by atoms with Crippen LogP contribution in [0.15, 0.2) is 0 Å². The highest BCUT2D eigenvalue weighted by atomic mass is 16.3. The van der Waals surface area contributed by atoms with Crippen LogP contribution in [0.2, 0.25) is 0 Å². The molecule has 0 aromatic heterocycles. The maximum absolute atomic E-state index is 10.2. The first-order valence-electron chi connectivity index (χ1n) is 5.20. The molecule has 1 atom stereocenters. The first-order valence-corrected chi connectivity index (χ1v) is 5.20. The molecule has 0 aliphatic heterocycles. The lowest BCUT2D eigenvalue weighted by atomic mass is 9.91. The lowest BCUT2D eigenvalue weighted by Crippen LogP contribution is -2.50. The van der Waals surface area contributed by atoms with Gasteiger partial charge >= 0.3 is 0 Å². The second-order valence-corrected chi connectivity index (χ2v) is 3.79. The quantitative estimate of drug-likeness (QED) is 0.633. The van der Waals surface area contributed by atoms with Gasteiger partial charge in [0.05, 0.1) is 0 Å². The van der Waals surface area contributed by atoms with E-state index in [0.29, 0.717) is 5.92 Å². The fourth-order valence-corrected chi connectivity index (χ4v) is 2.27. The lowest BCUT2D eigenvalue weighted by molar-refractivity contribution is -0.0496. The molecule has 1 unspecified atom stereocenters. The van der Waals surface area contributed by atoms with Crippen molar-refractivity contribution in [2.45, 2.75) is 51.7 Å². The molecule has 0 amide bonds. The van der Waals surface area contributed by atoms with Crippen molar-refractivity contribution in [2.75, 3.05) is 6.54 Å². The fourth-order valence-electron chi connectivity index (χ4n) is 2.27. The average Bonchev–Trinajstić information content (AvgIpc) is 2.57. The van der Waals surface area contributed by atoms with E-state index in [1.165, 1.54) is 25.7 Å². The van der Waals surface area contributed by atoms with Gasteiger partial charge in [-0.2, -0.15) is 0 Å². The van der Waals surface area contributed by atoms with Crippen molar-refractivity contribution in [3.05, 3.63) is 0 Å². The highest BCUT2D eigenvalue weighted by molar-refractivity contribution is 4.85. The summed E-state index contributed by atoms with van der Waals surface area (Å²) in [6, 6.07) is 0. The van der Waals surface area contributed by atoms with Crippen molar-refractivity contribution in [2.24, 2.45) is 5.92 Å². The van der Waals surface area contributed by atoms with Crippen LogP contribution in [0, 0.1) is 5.92 Å². The van der Waals surface area contributed by atoms with Gasteiger partial charge in [0.25, 0.3) is 0 Å². The first-order chi connectivity index (χ1) is 5.73. The molecule has 1 saturated carbocycles. The van der Waals surface area contributed by atoms with E-state index in [4.69, 9.17) is 0 Å². The minimum absolute atomic E-state index is 0.488. The SMILES string of the molecule is CCNC(O)(CC)C1CCCC1. The molecule has 1 rings (SSSR count). The Labute approximate surface area is 75.4 Å². The number of hydrogen-bond acceptors (Lipinski definition) is 2. The molecule has 0 saturated heterocycles. The van der Waals surface area contributed by atoms with E-state index >= 15 is 0 Å². The minimum atomic E-state index is -0.578. The van der Waals surface area contributed by atoms with Gasteiger partial charge in [-0.1, -0.05) is 26.7 Å². The molecule has 1 aliphatic carbocycles. The van der Waals surface area contributed by atoms with Gasteiger partial charge in [0.15, 0.2) is 0 Å². The van der Waals surface area contributed by atoms with Gasteiger partial charge in [-0.05, 0) is 25.8 Å². The summed E-state index contributed by atoms with van der Waals surface area (Å²) in [5.74, 6) is 0.488. The summed E-state index contributed by atoms with van der Waals surface area (Å²) in [7, 11) is 0. The molecule has 0 spiro atoms. The van der Waals surface area contributed by atoms with Gasteiger partial charge in [-0.3, -0.25) is 5.32 Å². The van der Waals surface area contributed by atoms with Crippen LogP contribution in [-0.4, -0.2) is 17.4 Å². The third-order valence-electron chi connectivity index (χ3n) is 3.05. The van der Waals surface area contributed by atoms with Gasteiger partial charge in [0.1, 0.15) is 5.72 Å². The number of aliphatic hydroxyl groups is 1. The zero-order valence-corrected chi connectivity index (χ0v) is 8.27. The number of nitrogens with one attached hydrogen (secondary N) is 1. The predicted molar refractivity (Wildman–Crippen MR) is 50.9 cm³/mol. The molecule has 72 valence electrons. The van der Waals surface area contributed by atoms with Crippen molar-refractivity contribution in [1.29, 1.82) is 0 Å². The van der Waals surface area contributed by atoms with Crippen LogP contribution in [0.3, 0.4) is 0 Å². The Morgan fingerprint density at radius 3 is 2.33 bits per heavy atom. The van der Waals surface area contributed by atoms with Crippen LogP contribution < -0.4 is 5.32 Å². The molecular formula is C10H21NO. The van der Waals surface area contributed by atoms with Crippen LogP contribution >= 0.6 is 0 Å². The van der Waals surface area contributed by atoms with E-state index in [1.807, 2.05) is 0 Å². The van der Waals surface area contributed by atoms with E-state index < -0.39 is 5.72 Å². The van der Waals surface area contributed by atoms with E-state index in [9.17, 15) is 5.11 Å². The normalized spacial score (nSPS) is 24.2. The van der Waals surface area contributed by atoms with E-state index in [0.717, 1.165) is 13.0 Å². The summed E-state index contributed by atoms with van der Waals surface area (Å²) >= 11 is 0. The first kappa shape index (κ1) is 10.0. The van der Waals surface area contributed by atoms with E-state index in [2.05, 4.69) is 19.2 Å². The standard InChI is InChI=1S/C10H21NO/c1-3-10(12,11-4-2)9-7-5-6-8-9/h9,11-12H,3-8H2,1-2H3. The topological polar surface area (TPSA) is 32.3 Å². The Kier molecular flexibility index (Phi) is 3.53. The summed E-state index contributed by atoms with van der Waals surface area (Å²) in [6.45, 7) is 4.97. The molecule has 0 aromatic rings. The second-order valence-electron chi connectivity index (χ2n) is 3.79. The summed E-state index contributed by atoms with van der Waals surface area (Å²) in [5.41, 5.74) is -0.578. The summed E-state index contributed by atoms with van der Waals surface area (Å²) in [5, 5.41) is 13.4. The van der Waals surface area contributed by atoms with Crippen LogP contribution in [0.1, 0.15) is 46.0 Å². The lowest BCUT2D eigenvalue weighted by Gasteiger charge is -2.33. The minimum Gasteiger partial charge on any atom is -0.376 e. The van der Waals surface area contributed by atoms with Crippen molar-refractivity contribution in [3.8, 4) is 0 Å². The Hall–Kier alpha value is -0.0800. The van der Waals surface area contributed by atoms with Gasteiger partial charge in [-0.25, -0.2) is 0 Å². The third kappa shape index (κ3) is 1.99. The summed E-state index contributed by atoms with van der Waals surface area (Å²) in [6.07, 6.45) is 5.79. The molecule has 0 radical (unpaired) electrons. The van der Waals surface area contributed by atoms with Crippen LogP contribution in [0.25, 0.3) is 0 Å². The zero-order valence-electron chi connectivity index (χ0n) is 8.27. The van der Waals surface area contributed by atoms with E-state index in [-0.39, 0.29) is 0 Å². The fraction of sp³-hybridized carbons (Fsp3) is 1.00. The molecule has 12 heavy (non-hydrogen) atoms. The van der Waals surface area contributed by atoms with Gasteiger partial charge in [-0.15, -0.1) is 0 Å².